The minimum atomic E-state index is -0.941. The van der Waals surface area contributed by atoms with Crippen molar-refractivity contribution in [3.05, 3.63) is 41.2 Å². The zero-order valence-corrected chi connectivity index (χ0v) is 11.7. The van der Waals surface area contributed by atoms with Crippen LogP contribution in [0.15, 0.2) is 40.6 Å². The molecular weight excluding hydrogens is 286 g/mol. The summed E-state index contributed by atoms with van der Waals surface area (Å²) in [7, 11) is 0. The minimum Gasteiger partial charge on any atom is -0.454 e. The van der Waals surface area contributed by atoms with Crippen molar-refractivity contribution < 1.29 is 23.8 Å². The summed E-state index contributed by atoms with van der Waals surface area (Å²) < 4.78 is 15.8. The maximum atomic E-state index is 11.9. The first-order chi connectivity index (χ1) is 10.6. The van der Waals surface area contributed by atoms with Crippen molar-refractivity contribution in [1.29, 1.82) is 0 Å². The zero-order valence-electron chi connectivity index (χ0n) is 11.7. The average Bonchev–Trinajstić information content (AvgIpc) is 3.03. The lowest BCUT2D eigenvalue weighted by Crippen LogP contribution is -2.23. The molecule has 0 N–H and O–H groups in total. The molecule has 6 heteroatoms. The molecule has 1 aromatic carbocycles. The van der Waals surface area contributed by atoms with E-state index in [0.717, 1.165) is 5.56 Å². The second-order valence-corrected chi connectivity index (χ2v) is 5.17. The zero-order chi connectivity index (χ0) is 15.3. The fourth-order valence-electron chi connectivity index (χ4n) is 2.65. The molecule has 0 aromatic heterocycles. The molecule has 0 bridgehead atoms. The van der Waals surface area contributed by atoms with Crippen LogP contribution >= 0.6 is 0 Å². The first-order valence-electron chi connectivity index (χ1n) is 6.76. The largest absolute Gasteiger partial charge is 0.454 e. The van der Waals surface area contributed by atoms with E-state index in [0.29, 0.717) is 28.5 Å². The highest BCUT2D eigenvalue weighted by molar-refractivity contribution is 6.15. The molecule has 110 valence electrons. The smallest absolute Gasteiger partial charge is 0.328 e. The van der Waals surface area contributed by atoms with Gasteiger partial charge >= 0.3 is 5.97 Å². The quantitative estimate of drug-likeness (QED) is 0.584. The molecule has 1 amide bonds. The van der Waals surface area contributed by atoms with Crippen LogP contribution in [0.2, 0.25) is 0 Å². The highest BCUT2D eigenvalue weighted by Crippen LogP contribution is 2.37. The van der Waals surface area contributed by atoms with Gasteiger partial charge in [0.2, 0.25) is 6.79 Å². The van der Waals surface area contributed by atoms with Gasteiger partial charge in [-0.05, 0) is 36.8 Å². The van der Waals surface area contributed by atoms with Gasteiger partial charge in [-0.1, -0.05) is 6.07 Å². The van der Waals surface area contributed by atoms with Gasteiger partial charge in [0.1, 0.15) is 5.76 Å². The molecular formula is C16H11NO5. The van der Waals surface area contributed by atoms with Crippen LogP contribution in [0.25, 0.3) is 6.08 Å². The number of aliphatic imine (C=N–C) groups is 1. The Morgan fingerprint density at radius 3 is 2.91 bits per heavy atom. The summed E-state index contributed by atoms with van der Waals surface area (Å²) in [5, 5.41) is 0. The van der Waals surface area contributed by atoms with Crippen molar-refractivity contribution in [2.45, 2.75) is 6.92 Å². The van der Waals surface area contributed by atoms with Gasteiger partial charge in [-0.3, -0.25) is 9.59 Å². The molecule has 0 aliphatic carbocycles. The molecule has 1 atom stereocenters. The molecule has 1 fully saturated rings. The third-order valence-corrected chi connectivity index (χ3v) is 3.63. The molecule has 4 rings (SSSR count). The number of hydrogen-bond donors (Lipinski definition) is 0. The topological polar surface area (TPSA) is 74.2 Å². The Bertz CT molecular complexity index is 803. The predicted molar refractivity (Wildman–Crippen MR) is 76.3 cm³/mol. The molecule has 1 unspecified atom stereocenters. The number of esters is 1. The standard InChI is InChI=1S/C16H11NO5/c1-8-4-10-12(22-16(19)14(10)15(18)17-8)5-9-2-3-11-13(6-9)21-7-20-11/h2-6,14H,7H2,1H3/b12-5+. The fraction of sp³-hybridized carbons (Fsp3) is 0.188. The second-order valence-electron chi connectivity index (χ2n) is 5.17. The van der Waals surface area contributed by atoms with Gasteiger partial charge in [0, 0.05) is 11.3 Å². The lowest BCUT2D eigenvalue weighted by Gasteiger charge is -2.09. The Morgan fingerprint density at radius 1 is 1.23 bits per heavy atom. The van der Waals surface area contributed by atoms with Gasteiger partial charge in [0.15, 0.2) is 17.4 Å². The highest BCUT2D eigenvalue weighted by Gasteiger charge is 2.43. The van der Waals surface area contributed by atoms with Crippen LogP contribution in [0.4, 0.5) is 0 Å². The van der Waals surface area contributed by atoms with E-state index in [1.165, 1.54) is 0 Å². The third-order valence-electron chi connectivity index (χ3n) is 3.63. The summed E-state index contributed by atoms with van der Waals surface area (Å²) in [6, 6.07) is 5.41. The van der Waals surface area contributed by atoms with Gasteiger partial charge in [-0.15, -0.1) is 0 Å². The number of carbonyl (C=O) groups excluding carboxylic acids is 2. The average molecular weight is 297 g/mol. The van der Waals surface area contributed by atoms with Gasteiger partial charge in [0.05, 0.1) is 0 Å². The van der Waals surface area contributed by atoms with Crippen molar-refractivity contribution in [2.75, 3.05) is 6.79 Å². The number of carbonyl (C=O) groups is 2. The van der Waals surface area contributed by atoms with Crippen LogP contribution in [0.5, 0.6) is 11.5 Å². The molecule has 0 radical (unpaired) electrons. The number of rotatable bonds is 1. The number of allylic oxidation sites excluding steroid dienone is 2. The summed E-state index contributed by atoms with van der Waals surface area (Å²) in [5.41, 5.74) is 1.91. The van der Waals surface area contributed by atoms with Crippen LogP contribution in [0.3, 0.4) is 0 Å². The number of benzene rings is 1. The fourth-order valence-corrected chi connectivity index (χ4v) is 2.65. The summed E-state index contributed by atoms with van der Waals surface area (Å²) >= 11 is 0. The Morgan fingerprint density at radius 2 is 2.05 bits per heavy atom. The van der Waals surface area contributed by atoms with Gasteiger partial charge < -0.3 is 14.2 Å². The summed E-state index contributed by atoms with van der Waals surface area (Å²) in [4.78, 5) is 27.5. The van der Waals surface area contributed by atoms with Crippen LogP contribution < -0.4 is 9.47 Å². The van der Waals surface area contributed by atoms with E-state index in [1.807, 2.05) is 6.07 Å². The van der Waals surface area contributed by atoms with E-state index in [4.69, 9.17) is 14.2 Å². The molecule has 3 aliphatic heterocycles. The molecule has 22 heavy (non-hydrogen) atoms. The summed E-state index contributed by atoms with van der Waals surface area (Å²) in [6.07, 6.45) is 3.41. The van der Waals surface area contributed by atoms with E-state index in [2.05, 4.69) is 4.99 Å². The molecule has 0 spiro atoms. The SMILES string of the molecule is CC1=NC(=O)C2C(=O)O/C(=C/c3ccc4c(c3)OCO4)C2=C1. The number of fused-ring (bicyclic) bond motifs is 2. The number of cyclic esters (lactones) is 1. The van der Waals surface area contributed by atoms with E-state index >= 15 is 0 Å². The van der Waals surface area contributed by atoms with E-state index in [-0.39, 0.29) is 6.79 Å². The van der Waals surface area contributed by atoms with Gasteiger partial charge in [-0.2, -0.15) is 0 Å². The van der Waals surface area contributed by atoms with Crippen LogP contribution in [-0.4, -0.2) is 24.4 Å². The van der Waals surface area contributed by atoms with Crippen molar-refractivity contribution in [1.82, 2.24) is 0 Å². The number of dihydropyridines is 1. The Balaban J connectivity index is 1.75. The summed E-state index contributed by atoms with van der Waals surface area (Å²) in [5.74, 6) is -0.311. The first kappa shape index (κ1) is 12.8. The molecule has 3 heterocycles. The van der Waals surface area contributed by atoms with Crippen molar-refractivity contribution >= 4 is 23.7 Å². The molecule has 6 nitrogen and oxygen atoms in total. The van der Waals surface area contributed by atoms with Gasteiger partial charge in [-0.25, -0.2) is 4.99 Å². The normalized spacial score (nSPS) is 24.0. The Kier molecular flexibility index (Phi) is 2.66. The Labute approximate surface area is 125 Å². The number of nitrogens with zero attached hydrogens (tertiary/aromatic N) is 1. The Hall–Kier alpha value is -2.89. The minimum absolute atomic E-state index is 0.196. The van der Waals surface area contributed by atoms with Crippen LogP contribution in [-0.2, 0) is 14.3 Å². The highest BCUT2D eigenvalue weighted by atomic mass is 16.7. The molecule has 0 saturated carbocycles. The number of amides is 1. The maximum absolute atomic E-state index is 11.9. The van der Waals surface area contributed by atoms with E-state index in [1.54, 1.807) is 31.2 Å². The molecule has 1 saturated heterocycles. The van der Waals surface area contributed by atoms with Gasteiger partial charge in [0.25, 0.3) is 5.91 Å². The maximum Gasteiger partial charge on any atom is 0.328 e. The lowest BCUT2D eigenvalue weighted by atomic mass is 9.95. The van der Waals surface area contributed by atoms with Crippen LogP contribution in [0.1, 0.15) is 12.5 Å². The molecule has 3 aliphatic rings. The summed E-state index contributed by atoms with van der Waals surface area (Å²) in [6.45, 7) is 1.91. The van der Waals surface area contributed by atoms with Crippen molar-refractivity contribution in [3.63, 3.8) is 0 Å². The lowest BCUT2D eigenvalue weighted by molar-refractivity contribution is -0.142. The van der Waals surface area contributed by atoms with E-state index < -0.39 is 17.8 Å². The van der Waals surface area contributed by atoms with Crippen molar-refractivity contribution in [2.24, 2.45) is 10.9 Å². The first-order valence-corrected chi connectivity index (χ1v) is 6.76. The monoisotopic (exact) mass is 297 g/mol. The third kappa shape index (κ3) is 1.92. The second kappa shape index (κ2) is 4.56. The molecule has 1 aromatic rings. The predicted octanol–water partition coefficient (Wildman–Crippen LogP) is 1.86. The number of hydrogen-bond acceptors (Lipinski definition) is 5. The van der Waals surface area contributed by atoms with Crippen molar-refractivity contribution in [3.8, 4) is 11.5 Å². The van der Waals surface area contributed by atoms with Crippen LogP contribution in [0, 0.1) is 5.92 Å². The van der Waals surface area contributed by atoms with E-state index in [9.17, 15) is 9.59 Å². The number of ether oxygens (including phenoxy) is 3.